The molecule has 0 aliphatic heterocycles. The summed E-state index contributed by atoms with van der Waals surface area (Å²) < 4.78 is 83.2. The van der Waals surface area contributed by atoms with E-state index in [2.05, 4.69) is 0 Å². The Morgan fingerprint density at radius 2 is 0.900 bits per heavy atom. The van der Waals surface area contributed by atoms with E-state index in [0.29, 0.717) is 0 Å². The summed E-state index contributed by atoms with van der Waals surface area (Å²) in [7, 11) is 0. The summed E-state index contributed by atoms with van der Waals surface area (Å²) in [5.74, 6) is -1.33. The molecule has 152 valence electrons. The maximum atomic E-state index is 13.9. The molecular formula is C23H12F6O. The quantitative estimate of drug-likeness (QED) is 0.247. The highest BCUT2D eigenvalue weighted by Gasteiger charge is 2.41. The molecule has 4 aromatic carbocycles. The van der Waals surface area contributed by atoms with Crippen molar-refractivity contribution >= 4 is 27.3 Å². The summed E-state index contributed by atoms with van der Waals surface area (Å²) in [4.78, 5) is 13.1. The molecule has 0 fully saturated rings. The van der Waals surface area contributed by atoms with E-state index in [4.69, 9.17) is 0 Å². The van der Waals surface area contributed by atoms with E-state index in [1.54, 1.807) is 0 Å². The van der Waals surface area contributed by atoms with Gasteiger partial charge in [0.15, 0.2) is 5.78 Å². The Morgan fingerprint density at radius 3 is 1.27 bits per heavy atom. The van der Waals surface area contributed by atoms with Crippen molar-refractivity contribution in [1.29, 1.82) is 0 Å². The lowest BCUT2D eigenvalue weighted by Crippen LogP contribution is -2.18. The zero-order chi connectivity index (χ0) is 21.7. The maximum Gasteiger partial charge on any atom is 0.417 e. The van der Waals surface area contributed by atoms with Crippen LogP contribution in [0.25, 0.3) is 21.5 Å². The van der Waals surface area contributed by atoms with E-state index in [-0.39, 0.29) is 21.5 Å². The summed E-state index contributed by atoms with van der Waals surface area (Å²) >= 11 is 0. The van der Waals surface area contributed by atoms with Crippen molar-refractivity contribution < 1.29 is 31.1 Å². The molecule has 7 heteroatoms. The van der Waals surface area contributed by atoms with Crippen molar-refractivity contribution in [2.24, 2.45) is 0 Å². The maximum absolute atomic E-state index is 13.9. The highest BCUT2D eigenvalue weighted by molar-refractivity contribution is 6.15. The average molecular weight is 418 g/mol. The third-order valence-corrected chi connectivity index (χ3v) is 4.91. The van der Waals surface area contributed by atoms with E-state index in [9.17, 15) is 31.1 Å². The van der Waals surface area contributed by atoms with Crippen molar-refractivity contribution in [1.82, 2.24) is 0 Å². The number of alkyl halides is 6. The van der Waals surface area contributed by atoms with Crippen molar-refractivity contribution in [3.05, 3.63) is 95.1 Å². The van der Waals surface area contributed by atoms with E-state index >= 15 is 0 Å². The first-order valence-electron chi connectivity index (χ1n) is 8.81. The lowest BCUT2D eigenvalue weighted by Gasteiger charge is -2.18. The van der Waals surface area contributed by atoms with E-state index in [1.807, 2.05) is 0 Å². The van der Waals surface area contributed by atoms with E-state index in [0.717, 1.165) is 12.1 Å². The molecule has 0 radical (unpaired) electrons. The molecule has 4 rings (SSSR count). The first kappa shape index (κ1) is 19.9. The van der Waals surface area contributed by atoms with Crippen LogP contribution in [0, 0.1) is 0 Å². The molecule has 0 spiro atoms. The van der Waals surface area contributed by atoms with Gasteiger partial charge in [0.1, 0.15) is 0 Å². The predicted molar refractivity (Wildman–Crippen MR) is 101 cm³/mol. The largest absolute Gasteiger partial charge is 0.417 e. The Morgan fingerprint density at radius 1 is 0.533 bits per heavy atom. The lowest BCUT2D eigenvalue weighted by atomic mass is 9.89. The summed E-state index contributed by atoms with van der Waals surface area (Å²) in [6.45, 7) is 0. The number of rotatable bonds is 2. The van der Waals surface area contributed by atoms with Gasteiger partial charge in [-0.3, -0.25) is 4.79 Å². The average Bonchev–Trinajstić information content (AvgIpc) is 2.70. The fraction of sp³-hybridized carbons (Fsp3) is 0.0870. The lowest BCUT2D eigenvalue weighted by molar-refractivity contribution is -0.136. The zero-order valence-corrected chi connectivity index (χ0v) is 15.1. The Bertz CT molecular complexity index is 1190. The molecule has 0 aliphatic carbocycles. The van der Waals surface area contributed by atoms with Crippen molar-refractivity contribution in [2.75, 3.05) is 0 Å². The molecule has 4 aromatic rings. The van der Waals surface area contributed by atoms with Gasteiger partial charge in [0.2, 0.25) is 0 Å². The van der Waals surface area contributed by atoms with Gasteiger partial charge in [-0.1, -0.05) is 60.7 Å². The molecule has 0 amide bonds. The number of benzene rings is 4. The molecule has 0 unspecified atom stereocenters. The number of halogens is 6. The summed E-state index contributed by atoms with van der Waals surface area (Å²) in [5.41, 5.74) is -4.12. The van der Waals surface area contributed by atoms with Crippen LogP contribution in [0.2, 0.25) is 0 Å². The molecule has 0 saturated carbocycles. The number of carbonyl (C=O) groups is 1. The predicted octanol–water partition coefficient (Wildman–Crippen LogP) is 7.26. The summed E-state index contributed by atoms with van der Waals surface area (Å²) in [6, 6.07) is 15.6. The smallest absolute Gasteiger partial charge is 0.289 e. The molecule has 0 aromatic heterocycles. The fourth-order valence-corrected chi connectivity index (χ4v) is 3.68. The molecule has 1 nitrogen and oxygen atoms in total. The highest BCUT2D eigenvalue weighted by Crippen LogP contribution is 2.41. The van der Waals surface area contributed by atoms with Gasteiger partial charge in [-0.05, 0) is 33.7 Å². The normalized spacial score (nSPS) is 12.5. The Labute approximate surface area is 166 Å². The SMILES string of the molecule is O=C(c1ccc2ccccc2c1C(F)(F)F)c1ccc2ccccc2c1C(F)(F)F. The van der Waals surface area contributed by atoms with Crippen molar-refractivity contribution in [3.8, 4) is 0 Å². The molecule has 30 heavy (non-hydrogen) atoms. The molecule has 0 N–H and O–H groups in total. The van der Waals surface area contributed by atoms with Gasteiger partial charge in [-0.2, -0.15) is 26.3 Å². The minimum Gasteiger partial charge on any atom is -0.289 e. The highest BCUT2D eigenvalue weighted by atomic mass is 19.4. The van der Waals surface area contributed by atoms with E-state index < -0.39 is 40.4 Å². The van der Waals surface area contributed by atoms with Crippen LogP contribution < -0.4 is 0 Å². The molecule has 0 saturated heterocycles. The van der Waals surface area contributed by atoms with Crippen LogP contribution in [0.4, 0.5) is 26.3 Å². The van der Waals surface area contributed by atoms with Gasteiger partial charge in [0.25, 0.3) is 0 Å². The first-order valence-corrected chi connectivity index (χ1v) is 8.81. The van der Waals surface area contributed by atoms with Crippen molar-refractivity contribution in [2.45, 2.75) is 12.4 Å². The van der Waals surface area contributed by atoms with Gasteiger partial charge in [-0.25, -0.2) is 0 Å². The van der Waals surface area contributed by atoms with Crippen LogP contribution in [0.3, 0.4) is 0 Å². The van der Waals surface area contributed by atoms with Gasteiger partial charge in [-0.15, -0.1) is 0 Å². The molecule has 0 heterocycles. The second-order valence-corrected chi connectivity index (χ2v) is 6.74. The summed E-state index contributed by atoms with van der Waals surface area (Å²) in [6.07, 6.45) is -9.86. The molecular weight excluding hydrogens is 406 g/mol. The Hall–Kier alpha value is -3.35. The van der Waals surface area contributed by atoms with Gasteiger partial charge in [0, 0.05) is 11.1 Å². The van der Waals surface area contributed by atoms with Crippen LogP contribution in [-0.4, -0.2) is 5.78 Å². The van der Waals surface area contributed by atoms with Crippen molar-refractivity contribution in [3.63, 3.8) is 0 Å². The number of hydrogen-bond donors (Lipinski definition) is 0. The zero-order valence-electron chi connectivity index (χ0n) is 15.1. The van der Waals surface area contributed by atoms with Gasteiger partial charge < -0.3 is 0 Å². The fourth-order valence-electron chi connectivity index (χ4n) is 3.68. The number of carbonyl (C=O) groups excluding carboxylic acids is 1. The number of ketones is 1. The third-order valence-electron chi connectivity index (χ3n) is 4.91. The first-order chi connectivity index (χ1) is 14.1. The van der Waals surface area contributed by atoms with Crippen LogP contribution in [0.1, 0.15) is 27.0 Å². The second kappa shape index (κ2) is 6.86. The number of fused-ring (bicyclic) bond motifs is 2. The van der Waals surface area contributed by atoms with Gasteiger partial charge in [0.05, 0.1) is 11.1 Å². The van der Waals surface area contributed by atoms with E-state index in [1.165, 1.54) is 60.7 Å². The van der Waals surface area contributed by atoms with Gasteiger partial charge >= 0.3 is 12.4 Å². The minimum absolute atomic E-state index is 0.232. The third kappa shape index (κ3) is 3.30. The topological polar surface area (TPSA) is 17.1 Å². The van der Waals surface area contributed by atoms with Crippen LogP contribution in [-0.2, 0) is 12.4 Å². The minimum atomic E-state index is -4.93. The molecule has 0 aliphatic rings. The van der Waals surface area contributed by atoms with Crippen LogP contribution in [0.5, 0.6) is 0 Å². The molecule has 0 bridgehead atoms. The molecule has 0 atom stereocenters. The van der Waals surface area contributed by atoms with Crippen LogP contribution >= 0.6 is 0 Å². The second-order valence-electron chi connectivity index (χ2n) is 6.74. The Balaban J connectivity index is 2.04. The monoisotopic (exact) mass is 418 g/mol. The number of hydrogen-bond acceptors (Lipinski definition) is 1. The standard InChI is InChI=1S/C23H12F6O/c24-22(25,26)19-15-7-3-1-5-13(15)9-11-17(19)21(30)18-12-10-14-6-2-4-8-16(14)20(18)23(27,28)29/h1-12H. The Kier molecular flexibility index (Phi) is 4.56. The van der Waals surface area contributed by atoms with Crippen LogP contribution in [0.15, 0.2) is 72.8 Å². The summed E-state index contributed by atoms with van der Waals surface area (Å²) in [5, 5.41) is -0.0257.